The molecule has 0 bridgehead atoms. The normalized spacial score (nSPS) is 10.9. The Balaban J connectivity index is 0. The van der Waals surface area contributed by atoms with E-state index in [4.69, 9.17) is 0 Å². The van der Waals surface area contributed by atoms with Crippen LogP contribution in [0.5, 0.6) is 0 Å². The molecule has 1 aromatic rings. The first-order chi connectivity index (χ1) is 8.15. The number of hydrogen-bond acceptors (Lipinski definition) is 3. The summed E-state index contributed by atoms with van der Waals surface area (Å²) in [5, 5.41) is 3.02. The Morgan fingerprint density at radius 3 is 2.47 bits per heavy atom. The smallest absolute Gasteiger partial charge is 0.226 e. The van der Waals surface area contributed by atoms with Crippen molar-refractivity contribution in [1.29, 1.82) is 0 Å². The number of carbonyl (C=O) groups excluding carboxylic acids is 1. The molecule has 1 rings (SSSR count). The van der Waals surface area contributed by atoms with Crippen LogP contribution in [-0.2, 0) is 11.2 Å². The van der Waals surface area contributed by atoms with Crippen LogP contribution in [0.3, 0.4) is 0 Å². The molecule has 6 heteroatoms. The van der Waals surface area contributed by atoms with E-state index in [0.717, 1.165) is 19.5 Å². The third-order valence-electron chi connectivity index (χ3n) is 2.79. The number of likely N-dealkylation sites (N-methyl/N-ethyl adjacent to an activating group) is 1. The Hall–Kier alpha value is -0.840. The summed E-state index contributed by atoms with van der Waals surface area (Å²) in [6, 6.07) is 3.96. The molecular formula is C13H23Cl2N3O. The maximum atomic E-state index is 11.9. The first-order valence-electron chi connectivity index (χ1n) is 5.93. The van der Waals surface area contributed by atoms with Gasteiger partial charge < -0.3 is 10.2 Å². The Labute approximate surface area is 127 Å². The third kappa shape index (κ3) is 7.35. The van der Waals surface area contributed by atoms with Crippen molar-refractivity contribution in [1.82, 2.24) is 15.2 Å². The van der Waals surface area contributed by atoms with Gasteiger partial charge in [-0.05, 0) is 31.2 Å². The SMILES string of the molecule is CNCC(C)C(=O)N(C)CCc1ccncc1.Cl.Cl. The molecule has 0 spiro atoms. The second kappa shape index (κ2) is 11.0. The number of nitrogens with one attached hydrogen (secondary N) is 1. The number of rotatable bonds is 6. The fourth-order valence-corrected chi connectivity index (χ4v) is 1.73. The molecule has 110 valence electrons. The highest BCUT2D eigenvalue weighted by molar-refractivity contribution is 5.85. The Morgan fingerprint density at radius 2 is 1.95 bits per heavy atom. The largest absolute Gasteiger partial charge is 0.345 e. The summed E-state index contributed by atoms with van der Waals surface area (Å²) < 4.78 is 0. The Morgan fingerprint density at radius 1 is 1.37 bits per heavy atom. The van der Waals surface area contributed by atoms with E-state index in [1.807, 2.05) is 33.2 Å². The van der Waals surface area contributed by atoms with Gasteiger partial charge in [-0.2, -0.15) is 0 Å². The number of nitrogens with zero attached hydrogens (tertiary/aromatic N) is 2. The van der Waals surface area contributed by atoms with E-state index in [2.05, 4.69) is 10.3 Å². The molecule has 0 saturated heterocycles. The van der Waals surface area contributed by atoms with E-state index in [1.54, 1.807) is 17.3 Å². The monoisotopic (exact) mass is 307 g/mol. The molecule has 1 aromatic heterocycles. The van der Waals surface area contributed by atoms with Gasteiger partial charge in [0, 0.05) is 38.4 Å². The quantitative estimate of drug-likeness (QED) is 0.871. The van der Waals surface area contributed by atoms with Gasteiger partial charge in [0.1, 0.15) is 0 Å². The second-order valence-electron chi connectivity index (χ2n) is 4.32. The lowest BCUT2D eigenvalue weighted by Gasteiger charge is -2.21. The minimum Gasteiger partial charge on any atom is -0.345 e. The minimum atomic E-state index is 0. The first kappa shape index (κ1) is 20.5. The van der Waals surface area contributed by atoms with Crippen LogP contribution in [0.2, 0.25) is 0 Å². The van der Waals surface area contributed by atoms with Crippen LogP contribution in [0.25, 0.3) is 0 Å². The summed E-state index contributed by atoms with van der Waals surface area (Å²) in [6.45, 7) is 3.41. The summed E-state index contributed by atoms with van der Waals surface area (Å²) in [5.41, 5.74) is 1.21. The van der Waals surface area contributed by atoms with E-state index in [-0.39, 0.29) is 36.6 Å². The molecule has 1 N–H and O–H groups in total. The molecule has 0 aliphatic carbocycles. The van der Waals surface area contributed by atoms with Crippen LogP contribution in [0, 0.1) is 5.92 Å². The van der Waals surface area contributed by atoms with Gasteiger partial charge in [0.2, 0.25) is 5.91 Å². The van der Waals surface area contributed by atoms with Gasteiger partial charge in [0.25, 0.3) is 0 Å². The third-order valence-corrected chi connectivity index (χ3v) is 2.79. The molecule has 1 unspecified atom stereocenters. The number of amides is 1. The van der Waals surface area contributed by atoms with Crippen molar-refractivity contribution in [2.75, 3.05) is 27.2 Å². The molecule has 0 aliphatic heterocycles. The molecule has 0 aliphatic rings. The topological polar surface area (TPSA) is 45.2 Å². The van der Waals surface area contributed by atoms with Crippen LogP contribution >= 0.6 is 24.8 Å². The number of aromatic nitrogens is 1. The average molecular weight is 308 g/mol. The van der Waals surface area contributed by atoms with Crippen LogP contribution in [-0.4, -0.2) is 43.0 Å². The van der Waals surface area contributed by atoms with E-state index in [9.17, 15) is 4.79 Å². The molecule has 19 heavy (non-hydrogen) atoms. The van der Waals surface area contributed by atoms with E-state index >= 15 is 0 Å². The summed E-state index contributed by atoms with van der Waals surface area (Å²) >= 11 is 0. The zero-order valence-corrected chi connectivity index (χ0v) is 13.3. The van der Waals surface area contributed by atoms with Crippen LogP contribution in [0.4, 0.5) is 0 Å². The number of halogens is 2. The highest BCUT2D eigenvalue weighted by atomic mass is 35.5. The van der Waals surface area contributed by atoms with Gasteiger partial charge in [-0.3, -0.25) is 9.78 Å². The fraction of sp³-hybridized carbons (Fsp3) is 0.538. The van der Waals surface area contributed by atoms with Crippen molar-refractivity contribution >= 4 is 30.7 Å². The van der Waals surface area contributed by atoms with Crippen molar-refractivity contribution in [3.8, 4) is 0 Å². The van der Waals surface area contributed by atoms with Crippen molar-refractivity contribution in [3.63, 3.8) is 0 Å². The zero-order valence-electron chi connectivity index (χ0n) is 11.6. The predicted octanol–water partition coefficient (Wildman–Crippen LogP) is 1.78. The molecule has 0 radical (unpaired) electrons. The number of hydrogen-bond donors (Lipinski definition) is 1. The molecule has 1 heterocycles. The lowest BCUT2D eigenvalue weighted by Crippen LogP contribution is -2.37. The summed E-state index contributed by atoms with van der Waals surface area (Å²) in [5.74, 6) is 0.218. The molecule has 0 saturated carbocycles. The average Bonchev–Trinajstić information content (AvgIpc) is 2.36. The van der Waals surface area contributed by atoms with Crippen LogP contribution in [0.1, 0.15) is 12.5 Å². The van der Waals surface area contributed by atoms with Gasteiger partial charge in [-0.25, -0.2) is 0 Å². The highest BCUT2D eigenvalue weighted by Crippen LogP contribution is 2.03. The van der Waals surface area contributed by atoms with E-state index in [1.165, 1.54) is 5.56 Å². The maximum Gasteiger partial charge on any atom is 0.226 e. The second-order valence-corrected chi connectivity index (χ2v) is 4.32. The molecular weight excluding hydrogens is 285 g/mol. The van der Waals surface area contributed by atoms with E-state index < -0.39 is 0 Å². The van der Waals surface area contributed by atoms with Crippen molar-refractivity contribution in [2.24, 2.45) is 5.92 Å². The molecule has 0 aromatic carbocycles. The zero-order chi connectivity index (χ0) is 12.7. The number of carbonyl (C=O) groups is 1. The Bertz CT molecular complexity index is 349. The molecule has 0 fully saturated rings. The lowest BCUT2D eigenvalue weighted by atomic mass is 10.1. The van der Waals surface area contributed by atoms with Gasteiger partial charge in [-0.1, -0.05) is 6.92 Å². The Kier molecular flexibility index (Phi) is 11.9. The van der Waals surface area contributed by atoms with Crippen molar-refractivity contribution in [2.45, 2.75) is 13.3 Å². The predicted molar refractivity (Wildman–Crippen MR) is 83.2 cm³/mol. The van der Waals surface area contributed by atoms with Gasteiger partial charge >= 0.3 is 0 Å². The summed E-state index contributed by atoms with van der Waals surface area (Å²) in [7, 11) is 3.72. The van der Waals surface area contributed by atoms with Crippen LogP contribution < -0.4 is 5.32 Å². The molecule has 1 amide bonds. The maximum absolute atomic E-state index is 11.9. The van der Waals surface area contributed by atoms with Gasteiger partial charge in [-0.15, -0.1) is 24.8 Å². The number of pyridine rings is 1. The van der Waals surface area contributed by atoms with Crippen molar-refractivity contribution < 1.29 is 4.79 Å². The van der Waals surface area contributed by atoms with Crippen molar-refractivity contribution in [3.05, 3.63) is 30.1 Å². The highest BCUT2D eigenvalue weighted by Gasteiger charge is 2.16. The summed E-state index contributed by atoms with van der Waals surface area (Å²) in [6.07, 6.45) is 4.43. The van der Waals surface area contributed by atoms with Crippen LogP contribution in [0.15, 0.2) is 24.5 Å². The van der Waals surface area contributed by atoms with Gasteiger partial charge in [0.15, 0.2) is 0 Å². The lowest BCUT2D eigenvalue weighted by molar-refractivity contribution is -0.133. The standard InChI is InChI=1S/C13H21N3O.2ClH/c1-11(10-14-2)13(17)16(3)9-6-12-4-7-15-8-5-12;;/h4-5,7-8,11,14H,6,9-10H2,1-3H3;2*1H. The first-order valence-corrected chi connectivity index (χ1v) is 5.93. The van der Waals surface area contributed by atoms with Gasteiger partial charge in [0.05, 0.1) is 0 Å². The minimum absolute atomic E-state index is 0. The fourth-order valence-electron chi connectivity index (χ4n) is 1.73. The summed E-state index contributed by atoms with van der Waals surface area (Å²) in [4.78, 5) is 17.7. The molecule has 4 nitrogen and oxygen atoms in total. The molecule has 1 atom stereocenters. The van der Waals surface area contributed by atoms with E-state index in [0.29, 0.717) is 0 Å².